The zero-order chi connectivity index (χ0) is 21.1. The van der Waals surface area contributed by atoms with E-state index in [0.717, 1.165) is 5.56 Å². The van der Waals surface area contributed by atoms with Gasteiger partial charge in [-0.3, -0.25) is 4.79 Å². The maximum atomic E-state index is 12.7. The molecule has 0 aliphatic carbocycles. The number of esters is 1. The third-order valence-corrected chi connectivity index (χ3v) is 6.48. The van der Waals surface area contributed by atoms with E-state index in [-0.39, 0.29) is 10.6 Å². The molecule has 0 aliphatic heterocycles. The fraction of sp³-hybridized carbons (Fsp3) is 0.368. The van der Waals surface area contributed by atoms with Crippen LogP contribution in [0.15, 0.2) is 35.4 Å². The molecule has 0 atom stereocenters. The van der Waals surface area contributed by atoms with Crippen molar-refractivity contribution in [3.05, 3.63) is 47.3 Å². The summed E-state index contributed by atoms with van der Waals surface area (Å²) in [6.07, 6.45) is 1.42. The van der Waals surface area contributed by atoms with Crippen molar-refractivity contribution in [2.45, 2.75) is 25.7 Å². The Morgan fingerprint density at radius 1 is 1.18 bits per heavy atom. The van der Waals surface area contributed by atoms with Crippen molar-refractivity contribution >= 4 is 27.6 Å². The lowest BCUT2D eigenvalue weighted by Gasteiger charge is -2.17. The van der Waals surface area contributed by atoms with Crippen molar-refractivity contribution in [2.75, 3.05) is 25.5 Å². The van der Waals surface area contributed by atoms with Crippen LogP contribution in [0.2, 0.25) is 0 Å². The Kier molecular flexibility index (Phi) is 6.63. The van der Waals surface area contributed by atoms with Crippen molar-refractivity contribution in [3.8, 4) is 0 Å². The monoisotopic (exact) mass is 407 g/mol. The number of aryl methyl sites for hydroxylation is 2. The van der Waals surface area contributed by atoms with E-state index in [1.807, 2.05) is 0 Å². The number of nitrogens with zero attached hydrogens (tertiary/aromatic N) is 2. The molecule has 0 saturated heterocycles. The first-order valence-corrected chi connectivity index (χ1v) is 10.3. The van der Waals surface area contributed by atoms with Crippen LogP contribution in [0, 0.1) is 6.92 Å². The summed E-state index contributed by atoms with van der Waals surface area (Å²) in [5.41, 5.74) is 1.70. The minimum Gasteiger partial charge on any atom is -0.465 e. The van der Waals surface area contributed by atoms with Crippen LogP contribution >= 0.6 is 0 Å². The number of benzene rings is 1. The van der Waals surface area contributed by atoms with Crippen molar-refractivity contribution in [3.63, 3.8) is 0 Å². The quantitative estimate of drug-likeness (QED) is 0.711. The zero-order valence-electron chi connectivity index (χ0n) is 16.6. The minimum atomic E-state index is -3.67. The molecule has 152 valence electrons. The van der Waals surface area contributed by atoms with E-state index in [1.165, 1.54) is 34.3 Å². The van der Waals surface area contributed by atoms with Crippen LogP contribution in [0.4, 0.5) is 5.69 Å². The zero-order valence-corrected chi connectivity index (χ0v) is 17.5. The van der Waals surface area contributed by atoms with Crippen LogP contribution in [-0.2, 0) is 21.8 Å². The number of amides is 1. The van der Waals surface area contributed by atoms with Gasteiger partial charge in [-0.1, -0.05) is 19.9 Å². The molecule has 1 amide bonds. The molecule has 1 heterocycles. The summed E-state index contributed by atoms with van der Waals surface area (Å²) < 4.78 is 32.8. The van der Waals surface area contributed by atoms with Gasteiger partial charge >= 0.3 is 5.97 Å². The van der Waals surface area contributed by atoms with Gasteiger partial charge < -0.3 is 14.6 Å². The van der Waals surface area contributed by atoms with Gasteiger partial charge in [-0.25, -0.2) is 13.2 Å². The third kappa shape index (κ3) is 4.26. The van der Waals surface area contributed by atoms with Crippen molar-refractivity contribution in [1.82, 2.24) is 8.87 Å². The molecule has 1 aromatic heterocycles. The summed E-state index contributed by atoms with van der Waals surface area (Å²) in [4.78, 5) is 24.5. The van der Waals surface area contributed by atoms with Crippen LogP contribution < -0.4 is 5.32 Å². The van der Waals surface area contributed by atoms with Gasteiger partial charge in [-0.15, -0.1) is 0 Å². The van der Waals surface area contributed by atoms with E-state index in [4.69, 9.17) is 4.74 Å². The van der Waals surface area contributed by atoms with Crippen molar-refractivity contribution < 1.29 is 22.7 Å². The maximum absolute atomic E-state index is 12.7. The summed E-state index contributed by atoms with van der Waals surface area (Å²) in [7, 11) is -0.782. The standard InChI is InChI=1S/C19H25N3O5S/c1-6-22(7-2)28(25,26)15-11-17(21(4)12-15)18(23)20-16-10-14(19(24)27-5)9-8-13(16)3/h8-12H,6-7H2,1-5H3,(H,20,23). The average molecular weight is 407 g/mol. The molecule has 2 rings (SSSR count). The van der Waals surface area contributed by atoms with Gasteiger partial charge in [0.15, 0.2) is 0 Å². The summed E-state index contributed by atoms with van der Waals surface area (Å²) >= 11 is 0. The fourth-order valence-corrected chi connectivity index (χ4v) is 4.33. The molecule has 9 heteroatoms. The normalized spacial score (nSPS) is 11.5. The molecular weight excluding hydrogens is 382 g/mol. The molecule has 8 nitrogen and oxygen atoms in total. The number of sulfonamides is 1. The molecule has 0 unspecified atom stereocenters. The Hall–Kier alpha value is -2.65. The van der Waals surface area contributed by atoms with Crippen molar-refractivity contribution in [1.29, 1.82) is 0 Å². The van der Waals surface area contributed by atoms with E-state index in [2.05, 4.69) is 5.32 Å². The number of rotatable bonds is 7. The highest BCUT2D eigenvalue weighted by Crippen LogP contribution is 2.21. The van der Waals surface area contributed by atoms with Gasteiger partial charge in [-0.05, 0) is 30.7 Å². The van der Waals surface area contributed by atoms with E-state index < -0.39 is 21.9 Å². The lowest BCUT2D eigenvalue weighted by Crippen LogP contribution is -2.30. The maximum Gasteiger partial charge on any atom is 0.337 e. The Morgan fingerprint density at radius 3 is 2.39 bits per heavy atom. The summed E-state index contributed by atoms with van der Waals surface area (Å²) in [6, 6.07) is 6.18. The van der Waals surface area contributed by atoms with Gasteiger partial charge in [-0.2, -0.15) is 4.31 Å². The first-order chi connectivity index (χ1) is 13.1. The Morgan fingerprint density at radius 2 is 1.82 bits per heavy atom. The number of carbonyl (C=O) groups is 2. The van der Waals surface area contributed by atoms with Gasteiger partial charge in [0, 0.05) is 32.0 Å². The van der Waals surface area contributed by atoms with Crippen LogP contribution in [0.3, 0.4) is 0 Å². The number of carbonyl (C=O) groups excluding carboxylic acids is 2. The van der Waals surface area contributed by atoms with Gasteiger partial charge in [0.2, 0.25) is 10.0 Å². The highest BCUT2D eigenvalue weighted by molar-refractivity contribution is 7.89. The van der Waals surface area contributed by atoms with Crippen LogP contribution in [0.5, 0.6) is 0 Å². The van der Waals surface area contributed by atoms with Crippen LogP contribution in [0.25, 0.3) is 0 Å². The SMILES string of the molecule is CCN(CC)S(=O)(=O)c1cc(C(=O)Nc2cc(C(=O)OC)ccc2C)n(C)c1. The predicted molar refractivity (Wildman–Crippen MR) is 106 cm³/mol. The molecular formula is C19H25N3O5S. The van der Waals surface area contributed by atoms with Crippen LogP contribution in [0.1, 0.15) is 40.3 Å². The Labute approximate surface area is 165 Å². The van der Waals surface area contributed by atoms with Gasteiger partial charge in [0.05, 0.1) is 12.7 Å². The summed E-state index contributed by atoms with van der Waals surface area (Å²) in [5, 5.41) is 2.73. The first kappa shape index (κ1) is 21.6. The second-order valence-corrected chi connectivity index (χ2v) is 8.17. The predicted octanol–water partition coefficient (Wildman–Crippen LogP) is 2.40. The molecule has 28 heavy (non-hydrogen) atoms. The van der Waals surface area contributed by atoms with Gasteiger partial charge in [0.25, 0.3) is 5.91 Å². The number of hydrogen-bond donors (Lipinski definition) is 1. The van der Waals surface area contributed by atoms with E-state index in [0.29, 0.717) is 24.3 Å². The number of nitrogens with one attached hydrogen (secondary N) is 1. The fourth-order valence-electron chi connectivity index (χ4n) is 2.80. The minimum absolute atomic E-state index is 0.0592. The van der Waals surface area contributed by atoms with Crippen molar-refractivity contribution in [2.24, 2.45) is 7.05 Å². The number of anilines is 1. The Bertz CT molecular complexity index is 991. The molecule has 1 aromatic carbocycles. The summed E-state index contributed by atoms with van der Waals surface area (Å²) in [6.45, 7) is 5.99. The molecule has 0 saturated carbocycles. The smallest absolute Gasteiger partial charge is 0.337 e. The number of methoxy groups -OCH3 is 1. The largest absolute Gasteiger partial charge is 0.465 e. The molecule has 0 spiro atoms. The molecule has 0 aliphatic rings. The second-order valence-electron chi connectivity index (χ2n) is 6.24. The number of hydrogen-bond acceptors (Lipinski definition) is 5. The van der Waals surface area contributed by atoms with E-state index in [1.54, 1.807) is 40.0 Å². The number of ether oxygens (including phenoxy) is 1. The third-order valence-electron chi connectivity index (χ3n) is 4.46. The average Bonchev–Trinajstić information content (AvgIpc) is 3.06. The molecule has 0 radical (unpaired) electrons. The van der Waals surface area contributed by atoms with E-state index in [9.17, 15) is 18.0 Å². The molecule has 0 bridgehead atoms. The lowest BCUT2D eigenvalue weighted by atomic mass is 10.1. The first-order valence-electron chi connectivity index (χ1n) is 8.82. The topological polar surface area (TPSA) is 97.7 Å². The molecule has 1 N–H and O–H groups in total. The Balaban J connectivity index is 2.34. The highest BCUT2D eigenvalue weighted by atomic mass is 32.2. The van der Waals surface area contributed by atoms with Crippen LogP contribution in [-0.4, -0.2) is 49.4 Å². The lowest BCUT2D eigenvalue weighted by molar-refractivity contribution is 0.0600. The van der Waals surface area contributed by atoms with E-state index >= 15 is 0 Å². The summed E-state index contributed by atoms with van der Waals surface area (Å²) in [5.74, 6) is -0.990. The molecule has 2 aromatic rings. The van der Waals surface area contributed by atoms with Gasteiger partial charge in [0.1, 0.15) is 10.6 Å². The molecule has 0 fully saturated rings. The highest BCUT2D eigenvalue weighted by Gasteiger charge is 2.25. The number of aromatic nitrogens is 1. The second kappa shape index (κ2) is 8.57.